The standard InChI is InChI=1S/C60H59BN2O/c1-34-29-42-44(58(6,7)27-25-56(42,2)3)32-48(34)62-47-24-23-37-39-31-43-45(59(8,9)28-26-57(43,4)5)33-50(39)64-55(37)53(47)61-52-49(62)30-35-17-12-13-18-36(35)51(52)38-19-16-21-41-54(38)63(61)46-22-15-14-20-40(46)60(41,10)11/h12-24,29-33H,25-28H2,1-11H3. The van der Waals surface area contributed by atoms with Crippen molar-refractivity contribution in [1.82, 2.24) is 0 Å². The maximum absolute atomic E-state index is 7.55. The molecule has 4 heteroatoms. The van der Waals surface area contributed by atoms with Crippen molar-refractivity contribution in [1.29, 1.82) is 0 Å². The van der Waals surface area contributed by atoms with E-state index in [-0.39, 0.29) is 33.9 Å². The van der Waals surface area contributed by atoms with Crippen LogP contribution in [0.1, 0.15) is 134 Å². The Morgan fingerprint density at radius 1 is 0.484 bits per heavy atom. The van der Waals surface area contributed by atoms with Gasteiger partial charge in [-0.25, -0.2) is 0 Å². The topological polar surface area (TPSA) is 19.6 Å². The zero-order valence-electron chi connectivity index (χ0n) is 39.6. The molecule has 5 aliphatic rings. The van der Waals surface area contributed by atoms with Crippen LogP contribution in [-0.4, -0.2) is 6.85 Å². The number of rotatable bonds is 1. The van der Waals surface area contributed by atoms with Gasteiger partial charge in [-0.2, -0.15) is 0 Å². The van der Waals surface area contributed by atoms with E-state index in [2.05, 4.69) is 195 Å². The molecular weight excluding hydrogens is 775 g/mol. The minimum absolute atomic E-state index is 0.0558. The zero-order chi connectivity index (χ0) is 44.2. The van der Waals surface area contributed by atoms with E-state index < -0.39 is 0 Å². The first kappa shape index (κ1) is 38.7. The van der Waals surface area contributed by atoms with Gasteiger partial charge in [0.25, 0.3) is 0 Å². The summed E-state index contributed by atoms with van der Waals surface area (Å²) in [6.07, 6.45) is 4.70. The summed E-state index contributed by atoms with van der Waals surface area (Å²) in [6.45, 7) is 26.6. The smallest absolute Gasteiger partial charge is 0.337 e. The molecule has 0 radical (unpaired) electrons. The van der Waals surface area contributed by atoms with Crippen LogP contribution in [0.2, 0.25) is 0 Å². The third-order valence-corrected chi connectivity index (χ3v) is 17.4. The van der Waals surface area contributed by atoms with Crippen molar-refractivity contribution in [3.63, 3.8) is 0 Å². The van der Waals surface area contributed by atoms with Gasteiger partial charge in [-0.3, -0.25) is 0 Å². The fourth-order valence-electron chi connectivity index (χ4n) is 13.5. The molecule has 3 nitrogen and oxygen atoms in total. The van der Waals surface area contributed by atoms with Gasteiger partial charge in [-0.15, -0.1) is 0 Å². The second-order valence-electron chi connectivity index (χ2n) is 23.4. The van der Waals surface area contributed by atoms with Crippen molar-refractivity contribution < 1.29 is 4.42 Å². The molecule has 318 valence electrons. The van der Waals surface area contributed by atoms with E-state index in [4.69, 9.17) is 4.42 Å². The highest BCUT2D eigenvalue weighted by Gasteiger charge is 2.52. The minimum atomic E-state index is -0.197. The highest BCUT2D eigenvalue weighted by molar-refractivity contribution is 6.95. The second-order valence-corrected chi connectivity index (χ2v) is 23.4. The first-order valence-electron chi connectivity index (χ1n) is 24.0. The van der Waals surface area contributed by atoms with Crippen molar-refractivity contribution >= 4 is 78.9 Å². The minimum Gasteiger partial charge on any atom is -0.456 e. The molecular formula is C60H59BN2O. The molecule has 0 atom stereocenters. The average Bonchev–Trinajstić information content (AvgIpc) is 3.64. The molecule has 13 rings (SSSR count). The SMILES string of the molecule is Cc1cc2c(cc1N1c3cc4ccccc4c4c3B(c3c1ccc1c3oc3cc5c(cc31)C(C)(C)CCC5(C)C)N1c3ccccc3C(C)(C)c3cccc-4c31)C(C)(C)CCC2(C)C. The number of anilines is 5. The molecule has 0 N–H and O–H groups in total. The highest BCUT2D eigenvalue weighted by atomic mass is 16.3. The van der Waals surface area contributed by atoms with E-state index in [9.17, 15) is 0 Å². The van der Waals surface area contributed by atoms with Gasteiger partial charge in [0.1, 0.15) is 11.2 Å². The number of hydrogen-bond acceptors (Lipinski definition) is 3. The zero-order valence-corrected chi connectivity index (χ0v) is 39.6. The van der Waals surface area contributed by atoms with Crippen molar-refractivity contribution in [3.8, 4) is 11.1 Å². The van der Waals surface area contributed by atoms with Crippen molar-refractivity contribution in [2.24, 2.45) is 0 Å². The molecule has 8 aromatic rings. The Bertz CT molecular complexity index is 3410. The van der Waals surface area contributed by atoms with Crippen LogP contribution in [0, 0.1) is 6.92 Å². The Balaban J connectivity index is 1.21. The summed E-state index contributed by atoms with van der Waals surface area (Å²) in [4.78, 5) is 5.39. The molecule has 0 fully saturated rings. The summed E-state index contributed by atoms with van der Waals surface area (Å²) in [5.74, 6) is 0. The first-order valence-corrected chi connectivity index (χ1v) is 24.0. The molecule has 0 saturated heterocycles. The number of nitrogens with zero attached hydrogens (tertiary/aromatic N) is 2. The Labute approximate surface area is 379 Å². The Kier molecular flexibility index (Phi) is 7.33. The van der Waals surface area contributed by atoms with Crippen LogP contribution in [0.3, 0.4) is 0 Å². The summed E-state index contributed by atoms with van der Waals surface area (Å²) in [7, 11) is 0. The lowest BCUT2D eigenvalue weighted by Gasteiger charge is -2.51. The third-order valence-electron chi connectivity index (χ3n) is 17.4. The molecule has 2 aliphatic carbocycles. The summed E-state index contributed by atoms with van der Waals surface area (Å²) in [6, 6.07) is 42.9. The van der Waals surface area contributed by atoms with E-state index in [1.165, 1.54) is 137 Å². The summed E-state index contributed by atoms with van der Waals surface area (Å²) in [5.41, 5.74) is 23.6. The van der Waals surface area contributed by atoms with Crippen LogP contribution < -0.4 is 20.6 Å². The molecule has 0 bridgehead atoms. The number of para-hydroxylation sites is 2. The highest BCUT2D eigenvalue weighted by Crippen LogP contribution is 2.58. The number of furan rings is 1. The predicted octanol–water partition coefficient (Wildman–Crippen LogP) is 15.1. The normalized spacial score (nSPS) is 19.8. The van der Waals surface area contributed by atoms with Gasteiger partial charge in [0, 0.05) is 55.7 Å². The van der Waals surface area contributed by atoms with Crippen LogP contribution in [-0.2, 0) is 27.1 Å². The van der Waals surface area contributed by atoms with Gasteiger partial charge in [-0.1, -0.05) is 136 Å². The van der Waals surface area contributed by atoms with E-state index in [0.717, 1.165) is 11.2 Å². The van der Waals surface area contributed by atoms with Crippen LogP contribution >= 0.6 is 0 Å². The van der Waals surface area contributed by atoms with Crippen molar-refractivity contribution in [2.75, 3.05) is 9.71 Å². The quantitative estimate of drug-likeness (QED) is 0.154. The van der Waals surface area contributed by atoms with Gasteiger partial charge in [0.05, 0.1) is 0 Å². The predicted molar refractivity (Wildman–Crippen MR) is 272 cm³/mol. The van der Waals surface area contributed by atoms with Gasteiger partial charge < -0.3 is 14.1 Å². The van der Waals surface area contributed by atoms with Gasteiger partial charge in [0.15, 0.2) is 0 Å². The summed E-state index contributed by atoms with van der Waals surface area (Å²) >= 11 is 0. The van der Waals surface area contributed by atoms with Gasteiger partial charge in [-0.05, 0) is 157 Å². The lowest BCUT2D eigenvalue weighted by Crippen LogP contribution is -2.63. The number of aryl methyl sites for hydroxylation is 1. The largest absolute Gasteiger partial charge is 0.456 e. The van der Waals surface area contributed by atoms with Crippen molar-refractivity contribution in [3.05, 3.63) is 148 Å². The number of hydrogen-bond donors (Lipinski definition) is 0. The third kappa shape index (κ3) is 4.80. The number of fused-ring (bicyclic) bond motifs is 14. The van der Waals surface area contributed by atoms with Crippen LogP contribution in [0.25, 0.3) is 43.8 Å². The van der Waals surface area contributed by atoms with E-state index >= 15 is 0 Å². The van der Waals surface area contributed by atoms with Gasteiger partial charge in [0.2, 0.25) is 0 Å². The number of benzene rings is 7. The first-order chi connectivity index (χ1) is 30.4. The molecule has 0 spiro atoms. The molecule has 0 amide bonds. The molecule has 1 aromatic heterocycles. The average molecular weight is 835 g/mol. The van der Waals surface area contributed by atoms with Crippen LogP contribution in [0.5, 0.6) is 0 Å². The summed E-state index contributed by atoms with van der Waals surface area (Å²) in [5, 5.41) is 5.00. The lowest BCUT2D eigenvalue weighted by molar-refractivity contribution is 0.332. The fraction of sp³-hybridized carbons (Fsp3) is 0.333. The van der Waals surface area contributed by atoms with E-state index in [0.29, 0.717) is 0 Å². The van der Waals surface area contributed by atoms with E-state index in [1.807, 2.05) is 0 Å². The summed E-state index contributed by atoms with van der Waals surface area (Å²) < 4.78 is 7.55. The molecule has 3 aliphatic heterocycles. The fourth-order valence-corrected chi connectivity index (χ4v) is 13.5. The maximum Gasteiger partial charge on any atom is 0.337 e. The Hall–Kier alpha value is -5.74. The van der Waals surface area contributed by atoms with Crippen molar-refractivity contribution in [2.45, 2.75) is 129 Å². The molecule has 0 saturated carbocycles. The van der Waals surface area contributed by atoms with Gasteiger partial charge >= 0.3 is 6.85 Å². The molecule has 7 aromatic carbocycles. The monoisotopic (exact) mass is 834 g/mol. The molecule has 4 heterocycles. The lowest BCUT2D eigenvalue weighted by atomic mass is 9.42. The van der Waals surface area contributed by atoms with Crippen LogP contribution in [0.4, 0.5) is 28.4 Å². The van der Waals surface area contributed by atoms with Crippen LogP contribution in [0.15, 0.2) is 114 Å². The second kappa shape index (κ2) is 12.1. The Morgan fingerprint density at radius 3 is 1.84 bits per heavy atom. The maximum atomic E-state index is 7.55. The molecule has 64 heavy (non-hydrogen) atoms. The molecule has 0 unspecified atom stereocenters. The Morgan fingerprint density at radius 2 is 1.11 bits per heavy atom. The van der Waals surface area contributed by atoms with E-state index in [1.54, 1.807) is 0 Å².